The van der Waals surface area contributed by atoms with E-state index in [-0.39, 0.29) is 5.97 Å². The predicted molar refractivity (Wildman–Crippen MR) is 75.6 cm³/mol. The first-order valence-electron chi connectivity index (χ1n) is 6.87. The zero-order valence-electron chi connectivity index (χ0n) is 11.4. The van der Waals surface area contributed by atoms with E-state index in [4.69, 9.17) is 4.74 Å². The van der Waals surface area contributed by atoms with Gasteiger partial charge in [-0.05, 0) is 32.9 Å². The summed E-state index contributed by atoms with van der Waals surface area (Å²) in [6.45, 7) is 5.69. The highest BCUT2D eigenvalue weighted by Gasteiger charge is 2.12. The molecule has 0 radical (unpaired) electrons. The van der Waals surface area contributed by atoms with Crippen LogP contribution in [0.15, 0.2) is 11.4 Å². The third-order valence-corrected chi connectivity index (χ3v) is 4.01. The molecule has 0 spiro atoms. The highest BCUT2D eigenvalue weighted by atomic mass is 32.2. The molecule has 5 nitrogen and oxygen atoms in total. The van der Waals surface area contributed by atoms with Gasteiger partial charge >= 0.3 is 5.97 Å². The lowest BCUT2D eigenvalue weighted by molar-refractivity contribution is 0.0519. The van der Waals surface area contributed by atoms with Gasteiger partial charge in [0.2, 0.25) is 0 Å². The van der Waals surface area contributed by atoms with E-state index in [0.717, 1.165) is 17.5 Å². The average molecular weight is 283 g/mol. The second-order valence-electron chi connectivity index (χ2n) is 4.57. The minimum absolute atomic E-state index is 0.335. The molecule has 6 heteroatoms. The number of imidazole rings is 1. The fraction of sp³-hybridized carbons (Fsp3) is 0.692. The molecule has 1 N–H and O–H groups in total. The Morgan fingerprint density at radius 3 is 3.00 bits per heavy atom. The van der Waals surface area contributed by atoms with E-state index in [0.29, 0.717) is 12.3 Å². The van der Waals surface area contributed by atoms with E-state index in [2.05, 4.69) is 14.9 Å². The Balaban J connectivity index is 1.72. The van der Waals surface area contributed by atoms with Crippen LogP contribution in [-0.4, -0.2) is 52.8 Å². The summed E-state index contributed by atoms with van der Waals surface area (Å²) in [6, 6.07) is 0. The van der Waals surface area contributed by atoms with Crippen molar-refractivity contribution in [3.63, 3.8) is 0 Å². The van der Waals surface area contributed by atoms with Gasteiger partial charge in [-0.1, -0.05) is 18.2 Å². The Hall–Kier alpha value is -1.01. The highest BCUT2D eigenvalue weighted by Crippen LogP contribution is 2.16. The summed E-state index contributed by atoms with van der Waals surface area (Å²) in [6.07, 6.45) is 5.54. The normalized spacial score (nSPS) is 16.5. The van der Waals surface area contributed by atoms with E-state index in [1.807, 2.05) is 0 Å². The number of aromatic nitrogens is 2. The van der Waals surface area contributed by atoms with Crippen LogP contribution in [-0.2, 0) is 4.74 Å². The Morgan fingerprint density at radius 2 is 2.26 bits per heavy atom. The molecule has 1 aromatic heterocycles. The number of esters is 1. The fourth-order valence-electron chi connectivity index (χ4n) is 2.14. The number of hydrogen-bond donors (Lipinski definition) is 1. The maximum atomic E-state index is 11.5. The van der Waals surface area contributed by atoms with Crippen LogP contribution in [0.2, 0.25) is 0 Å². The predicted octanol–water partition coefficient (Wildman–Crippen LogP) is 2.16. The van der Waals surface area contributed by atoms with Crippen LogP contribution in [0, 0.1) is 0 Å². The monoisotopic (exact) mass is 283 g/mol. The molecule has 0 bridgehead atoms. The van der Waals surface area contributed by atoms with Crippen LogP contribution in [0.3, 0.4) is 0 Å². The number of H-pyrrole nitrogens is 1. The molecule has 0 aromatic carbocycles. The average Bonchev–Trinajstić information content (AvgIpc) is 2.89. The van der Waals surface area contributed by atoms with Crippen molar-refractivity contribution in [2.75, 3.05) is 32.0 Å². The summed E-state index contributed by atoms with van der Waals surface area (Å²) >= 11 is 1.65. The second-order valence-corrected chi connectivity index (χ2v) is 5.66. The molecule has 1 aliphatic rings. The second kappa shape index (κ2) is 7.55. The summed E-state index contributed by atoms with van der Waals surface area (Å²) in [7, 11) is 0. The van der Waals surface area contributed by atoms with E-state index in [1.165, 1.54) is 32.4 Å². The number of likely N-dealkylation sites (tertiary alicyclic amines) is 1. The van der Waals surface area contributed by atoms with Crippen molar-refractivity contribution in [3.8, 4) is 0 Å². The highest BCUT2D eigenvalue weighted by molar-refractivity contribution is 7.99. The molecule has 1 fully saturated rings. The van der Waals surface area contributed by atoms with Crippen LogP contribution in [0.5, 0.6) is 0 Å². The largest absolute Gasteiger partial charge is 0.461 e. The summed E-state index contributed by atoms with van der Waals surface area (Å²) in [5, 5.41) is 0.792. The Bertz CT molecular complexity index is 402. The number of aromatic amines is 1. The molecule has 1 saturated heterocycles. The zero-order chi connectivity index (χ0) is 13.5. The summed E-state index contributed by atoms with van der Waals surface area (Å²) in [5.41, 5.74) is 0.433. The molecular formula is C13H21N3O2S. The zero-order valence-corrected chi connectivity index (χ0v) is 12.2. The first-order chi connectivity index (χ1) is 9.29. The van der Waals surface area contributed by atoms with Gasteiger partial charge in [0.15, 0.2) is 5.16 Å². The molecule has 0 unspecified atom stereocenters. The van der Waals surface area contributed by atoms with Gasteiger partial charge < -0.3 is 14.6 Å². The van der Waals surface area contributed by atoms with Gasteiger partial charge in [-0.15, -0.1) is 0 Å². The van der Waals surface area contributed by atoms with Crippen LogP contribution >= 0.6 is 11.8 Å². The van der Waals surface area contributed by atoms with Gasteiger partial charge in [0, 0.05) is 12.3 Å². The maximum Gasteiger partial charge on any atom is 0.356 e. The topological polar surface area (TPSA) is 58.2 Å². The molecule has 1 aromatic rings. The number of carbonyl (C=O) groups is 1. The molecule has 2 heterocycles. The Labute approximate surface area is 118 Å². The van der Waals surface area contributed by atoms with Gasteiger partial charge in [0.25, 0.3) is 0 Å². The number of piperidine rings is 1. The smallest absolute Gasteiger partial charge is 0.356 e. The van der Waals surface area contributed by atoms with Crippen molar-refractivity contribution in [1.82, 2.24) is 14.9 Å². The molecular weight excluding hydrogens is 262 g/mol. The van der Waals surface area contributed by atoms with Crippen molar-refractivity contribution in [2.24, 2.45) is 0 Å². The molecule has 0 amide bonds. The van der Waals surface area contributed by atoms with Crippen LogP contribution < -0.4 is 0 Å². The van der Waals surface area contributed by atoms with E-state index in [9.17, 15) is 4.79 Å². The molecule has 19 heavy (non-hydrogen) atoms. The summed E-state index contributed by atoms with van der Waals surface area (Å²) < 4.78 is 4.91. The minimum atomic E-state index is -0.335. The quantitative estimate of drug-likeness (QED) is 0.640. The Morgan fingerprint density at radius 1 is 1.47 bits per heavy atom. The molecule has 0 saturated carbocycles. The number of nitrogens with one attached hydrogen (secondary N) is 1. The lowest BCUT2D eigenvalue weighted by Crippen LogP contribution is -2.31. The Kier molecular flexibility index (Phi) is 5.72. The fourth-order valence-corrected chi connectivity index (χ4v) is 3.00. The summed E-state index contributed by atoms with van der Waals surface area (Å²) in [5.74, 6) is 0.661. The van der Waals surface area contributed by atoms with Crippen molar-refractivity contribution < 1.29 is 9.53 Å². The van der Waals surface area contributed by atoms with E-state index >= 15 is 0 Å². The number of thioether (sulfide) groups is 1. The first-order valence-corrected chi connectivity index (χ1v) is 7.85. The number of nitrogens with zero attached hydrogens (tertiary/aromatic N) is 2. The van der Waals surface area contributed by atoms with Gasteiger partial charge in [0.05, 0.1) is 12.8 Å². The summed E-state index contributed by atoms with van der Waals surface area (Å²) in [4.78, 5) is 21.1. The number of ether oxygens (including phenoxy) is 1. The third-order valence-electron chi connectivity index (χ3n) is 3.14. The van der Waals surface area contributed by atoms with Gasteiger partial charge in [-0.3, -0.25) is 0 Å². The molecule has 0 atom stereocenters. The molecule has 0 aliphatic carbocycles. The SMILES string of the molecule is CCOC(=O)c1cnc(SCCN2CCCCC2)[nH]1. The van der Waals surface area contributed by atoms with Crippen LogP contribution in [0.1, 0.15) is 36.7 Å². The van der Waals surface area contributed by atoms with Gasteiger partial charge in [-0.25, -0.2) is 9.78 Å². The van der Waals surface area contributed by atoms with Crippen molar-refractivity contribution in [1.29, 1.82) is 0 Å². The van der Waals surface area contributed by atoms with Crippen molar-refractivity contribution in [3.05, 3.63) is 11.9 Å². The van der Waals surface area contributed by atoms with Gasteiger partial charge in [0.1, 0.15) is 5.69 Å². The third kappa shape index (κ3) is 4.54. The van der Waals surface area contributed by atoms with E-state index in [1.54, 1.807) is 24.9 Å². The lowest BCUT2D eigenvalue weighted by Gasteiger charge is -2.25. The van der Waals surface area contributed by atoms with Crippen LogP contribution in [0.4, 0.5) is 0 Å². The van der Waals surface area contributed by atoms with Crippen molar-refractivity contribution in [2.45, 2.75) is 31.3 Å². The van der Waals surface area contributed by atoms with Crippen LogP contribution in [0.25, 0.3) is 0 Å². The van der Waals surface area contributed by atoms with Crippen molar-refractivity contribution >= 4 is 17.7 Å². The number of hydrogen-bond acceptors (Lipinski definition) is 5. The lowest BCUT2D eigenvalue weighted by atomic mass is 10.1. The number of rotatable bonds is 6. The minimum Gasteiger partial charge on any atom is -0.461 e. The standard InChI is InChI=1S/C13H21N3O2S/c1-2-18-12(17)11-10-14-13(15-11)19-9-8-16-6-4-3-5-7-16/h10H,2-9H2,1H3,(H,14,15). The maximum absolute atomic E-state index is 11.5. The van der Waals surface area contributed by atoms with E-state index < -0.39 is 0 Å². The molecule has 1 aliphatic heterocycles. The van der Waals surface area contributed by atoms with Gasteiger partial charge in [-0.2, -0.15) is 0 Å². The molecule has 2 rings (SSSR count). The first kappa shape index (κ1) is 14.4. The number of carbonyl (C=O) groups excluding carboxylic acids is 1. The molecule has 106 valence electrons.